The maximum absolute atomic E-state index is 5.94. The van der Waals surface area contributed by atoms with E-state index in [4.69, 9.17) is 9.73 Å². The Labute approximate surface area is 135 Å². The highest BCUT2D eigenvalue weighted by Gasteiger charge is 2.41. The van der Waals surface area contributed by atoms with Crippen LogP contribution in [0.15, 0.2) is 4.99 Å². The molecule has 2 bridgehead atoms. The number of nitrogens with one attached hydrogen (secondary N) is 2. The van der Waals surface area contributed by atoms with Gasteiger partial charge in [0.2, 0.25) is 0 Å². The average Bonchev–Trinajstić information content (AvgIpc) is 3.16. The summed E-state index contributed by atoms with van der Waals surface area (Å²) in [6.07, 6.45) is 11.4. The van der Waals surface area contributed by atoms with Crippen molar-refractivity contribution < 1.29 is 4.74 Å². The summed E-state index contributed by atoms with van der Waals surface area (Å²) < 4.78 is 5.94. The highest BCUT2D eigenvalue weighted by molar-refractivity contribution is 5.80. The largest absolute Gasteiger partial charge is 0.373 e. The maximum atomic E-state index is 5.94. The Morgan fingerprint density at radius 1 is 1.05 bits per heavy atom. The Morgan fingerprint density at radius 3 is 2.41 bits per heavy atom. The summed E-state index contributed by atoms with van der Waals surface area (Å²) >= 11 is 0. The summed E-state index contributed by atoms with van der Waals surface area (Å²) in [7, 11) is 0. The summed E-state index contributed by atoms with van der Waals surface area (Å²) in [5, 5.41) is 7.03. The van der Waals surface area contributed by atoms with Crippen molar-refractivity contribution in [2.75, 3.05) is 13.1 Å². The minimum absolute atomic E-state index is 0.411. The van der Waals surface area contributed by atoms with Crippen LogP contribution in [0.4, 0.5) is 0 Å². The van der Waals surface area contributed by atoms with Crippen LogP contribution >= 0.6 is 0 Å². The Bertz CT molecular complexity index is 377. The number of hydrogen-bond acceptors (Lipinski definition) is 2. The van der Waals surface area contributed by atoms with E-state index in [1.54, 1.807) is 0 Å². The van der Waals surface area contributed by atoms with E-state index in [2.05, 4.69) is 24.5 Å². The van der Waals surface area contributed by atoms with Gasteiger partial charge in [0, 0.05) is 13.1 Å². The van der Waals surface area contributed by atoms with Crippen molar-refractivity contribution in [3.8, 4) is 0 Å². The first kappa shape index (κ1) is 16.1. The molecule has 2 aliphatic heterocycles. The first-order valence-corrected chi connectivity index (χ1v) is 9.48. The summed E-state index contributed by atoms with van der Waals surface area (Å²) in [5.41, 5.74) is 0. The zero-order valence-corrected chi connectivity index (χ0v) is 14.3. The fraction of sp³-hybridized carbons (Fsp3) is 0.944. The third-order valence-electron chi connectivity index (χ3n) is 5.82. The first-order chi connectivity index (χ1) is 10.8. The van der Waals surface area contributed by atoms with E-state index in [-0.39, 0.29) is 0 Å². The lowest BCUT2D eigenvalue weighted by atomic mass is 9.81. The van der Waals surface area contributed by atoms with Crippen molar-refractivity contribution in [3.05, 3.63) is 0 Å². The van der Waals surface area contributed by atoms with Crippen molar-refractivity contribution >= 4 is 5.96 Å². The molecule has 4 nitrogen and oxygen atoms in total. The van der Waals surface area contributed by atoms with Gasteiger partial charge in [-0.05, 0) is 50.9 Å². The van der Waals surface area contributed by atoms with Gasteiger partial charge in [-0.2, -0.15) is 0 Å². The zero-order chi connectivity index (χ0) is 15.4. The topological polar surface area (TPSA) is 45.7 Å². The van der Waals surface area contributed by atoms with Gasteiger partial charge in [0.05, 0.1) is 18.2 Å². The molecule has 1 aliphatic carbocycles. The SMILES string of the molecule is CCNC(=NCC1CCC(CC)CC1)NC1CC2CCC1O2. The van der Waals surface area contributed by atoms with E-state index in [1.165, 1.54) is 44.9 Å². The van der Waals surface area contributed by atoms with Crippen molar-refractivity contribution in [2.45, 2.75) is 83.5 Å². The van der Waals surface area contributed by atoms with Crippen LogP contribution in [0.2, 0.25) is 0 Å². The zero-order valence-electron chi connectivity index (χ0n) is 14.3. The van der Waals surface area contributed by atoms with Gasteiger partial charge in [-0.25, -0.2) is 0 Å². The first-order valence-electron chi connectivity index (χ1n) is 9.48. The number of rotatable bonds is 5. The number of guanidine groups is 1. The summed E-state index contributed by atoms with van der Waals surface area (Å²) in [6.45, 7) is 6.37. The maximum Gasteiger partial charge on any atom is 0.191 e. The molecule has 0 aromatic rings. The highest BCUT2D eigenvalue weighted by Crippen LogP contribution is 2.34. The quantitative estimate of drug-likeness (QED) is 0.606. The van der Waals surface area contributed by atoms with Gasteiger partial charge >= 0.3 is 0 Å². The van der Waals surface area contributed by atoms with Crippen molar-refractivity contribution in [3.63, 3.8) is 0 Å². The molecule has 3 aliphatic rings. The van der Waals surface area contributed by atoms with Gasteiger partial charge in [0.1, 0.15) is 0 Å². The fourth-order valence-corrected chi connectivity index (χ4v) is 4.33. The molecule has 0 radical (unpaired) electrons. The number of aliphatic imine (C=N–C) groups is 1. The molecular weight excluding hydrogens is 274 g/mol. The average molecular weight is 307 g/mol. The predicted molar refractivity (Wildman–Crippen MR) is 91.2 cm³/mol. The Balaban J connectivity index is 1.48. The van der Waals surface area contributed by atoms with E-state index in [0.29, 0.717) is 18.2 Å². The molecule has 0 aromatic carbocycles. The molecule has 4 heteroatoms. The lowest BCUT2D eigenvalue weighted by Crippen LogP contribution is -2.47. The van der Waals surface area contributed by atoms with E-state index < -0.39 is 0 Å². The molecule has 2 saturated heterocycles. The number of hydrogen-bond donors (Lipinski definition) is 2. The standard InChI is InChI=1S/C18H33N3O/c1-3-13-5-7-14(8-6-13)12-20-18(19-4-2)21-16-11-15-9-10-17(16)22-15/h13-17H,3-12H2,1-2H3,(H2,19,20,21). The highest BCUT2D eigenvalue weighted by atomic mass is 16.5. The van der Waals surface area contributed by atoms with Crippen LogP contribution in [0.1, 0.15) is 65.2 Å². The molecular formula is C18H33N3O. The Morgan fingerprint density at radius 2 is 1.82 bits per heavy atom. The van der Waals surface area contributed by atoms with Crippen LogP contribution in [0.5, 0.6) is 0 Å². The van der Waals surface area contributed by atoms with Crippen LogP contribution in [-0.2, 0) is 4.74 Å². The number of nitrogens with zero attached hydrogens (tertiary/aromatic N) is 1. The van der Waals surface area contributed by atoms with Gasteiger partial charge in [-0.15, -0.1) is 0 Å². The van der Waals surface area contributed by atoms with Crippen molar-refractivity contribution in [2.24, 2.45) is 16.8 Å². The van der Waals surface area contributed by atoms with Gasteiger partial charge < -0.3 is 15.4 Å². The third kappa shape index (κ3) is 3.95. The lowest BCUT2D eigenvalue weighted by Gasteiger charge is -2.27. The van der Waals surface area contributed by atoms with E-state index >= 15 is 0 Å². The second kappa shape index (κ2) is 7.67. The predicted octanol–water partition coefficient (Wildman–Crippen LogP) is 3.08. The normalized spacial score (nSPS) is 38.3. The molecule has 3 unspecified atom stereocenters. The molecule has 126 valence electrons. The Hall–Kier alpha value is -0.770. The second-order valence-corrected chi connectivity index (χ2v) is 7.38. The second-order valence-electron chi connectivity index (χ2n) is 7.38. The molecule has 22 heavy (non-hydrogen) atoms. The molecule has 0 amide bonds. The third-order valence-corrected chi connectivity index (χ3v) is 5.82. The van der Waals surface area contributed by atoms with Crippen molar-refractivity contribution in [1.29, 1.82) is 0 Å². The number of ether oxygens (including phenoxy) is 1. The summed E-state index contributed by atoms with van der Waals surface area (Å²) in [5.74, 6) is 2.76. The molecule has 1 saturated carbocycles. The van der Waals surface area contributed by atoms with Crippen LogP contribution in [0.3, 0.4) is 0 Å². The minimum Gasteiger partial charge on any atom is -0.373 e. The van der Waals surface area contributed by atoms with Crippen molar-refractivity contribution in [1.82, 2.24) is 10.6 Å². The van der Waals surface area contributed by atoms with Crippen LogP contribution in [0.25, 0.3) is 0 Å². The van der Waals surface area contributed by atoms with E-state index in [0.717, 1.165) is 37.3 Å². The summed E-state index contributed by atoms with van der Waals surface area (Å²) in [6, 6.07) is 0.465. The van der Waals surface area contributed by atoms with E-state index in [1.807, 2.05) is 0 Å². The molecule has 0 spiro atoms. The molecule has 3 fully saturated rings. The Kier molecular flexibility index (Phi) is 5.61. The van der Waals surface area contributed by atoms with Crippen LogP contribution in [-0.4, -0.2) is 37.3 Å². The van der Waals surface area contributed by atoms with Gasteiger partial charge in [-0.3, -0.25) is 4.99 Å². The molecule has 2 N–H and O–H groups in total. The fourth-order valence-electron chi connectivity index (χ4n) is 4.33. The lowest BCUT2D eigenvalue weighted by molar-refractivity contribution is 0.0992. The smallest absolute Gasteiger partial charge is 0.191 e. The van der Waals surface area contributed by atoms with Gasteiger partial charge in [0.25, 0.3) is 0 Å². The molecule has 2 heterocycles. The van der Waals surface area contributed by atoms with Gasteiger partial charge in [0.15, 0.2) is 5.96 Å². The number of fused-ring (bicyclic) bond motifs is 2. The molecule has 3 atom stereocenters. The van der Waals surface area contributed by atoms with Crippen LogP contribution < -0.4 is 10.6 Å². The van der Waals surface area contributed by atoms with E-state index in [9.17, 15) is 0 Å². The van der Waals surface area contributed by atoms with Crippen LogP contribution in [0, 0.1) is 11.8 Å². The monoisotopic (exact) mass is 307 g/mol. The van der Waals surface area contributed by atoms with Gasteiger partial charge in [-0.1, -0.05) is 26.2 Å². The minimum atomic E-state index is 0.411. The molecule has 3 rings (SSSR count). The molecule has 0 aromatic heterocycles. The summed E-state index contributed by atoms with van der Waals surface area (Å²) in [4.78, 5) is 4.87.